The van der Waals surface area contributed by atoms with Crippen LogP contribution in [0.4, 0.5) is 0 Å². The summed E-state index contributed by atoms with van der Waals surface area (Å²) in [5, 5.41) is 2.26. The zero-order valence-electron chi connectivity index (χ0n) is 5.71. The van der Waals surface area contributed by atoms with E-state index in [-0.39, 0.29) is 6.04 Å². The summed E-state index contributed by atoms with van der Waals surface area (Å²) in [5.74, 6) is 2.49. The number of allylic oxidation sites excluding steroid dienone is 1. The van der Waals surface area contributed by atoms with E-state index < -0.39 is 0 Å². The standard InChI is InChI=1S/C8H9NS/c1-3-5-6-8(4-2)9-7-10/h2-3,8H,1,5-6H2. The molecule has 0 aromatic rings. The Labute approximate surface area is 66.9 Å². The molecule has 1 atom stereocenters. The smallest absolute Gasteiger partial charge is 0.121 e. The van der Waals surface area contributed by atoms with Gasteiger partial charge < -0.3 is 0 Å². The van der Waals surface area contributed by atoms with Crippen molar-refractivity contribution in [2.24, 2.45) is 4.99 Å². The second kappa shape index (κ2) is 6.22. The lowest BCUT2D eigenvalue weighted by atomic mass is 10.2. The molecule has 0 heterocycles. The fourth-order valence-corrected chi connectivity index (χ4v) is 0.652. The third-order valence-corrected chi connectivity index (χ3v) is 1.15. The summed E-state index contributed by atoms with van der Waals surface area (Å²) < 4.78 is 0. The number of isothiocyanates is 1. The molecule has 0 fully saturated rings. The lowest BCUT2D eigenvalue weighted by Crippen LogP contribution is -1.97. The molecule has 52 valence electrons. The van der Waals surface area contributed by atoms with E-state index in [0.717, 1.165) is 12.8 Å². The van der Waals surface area contributed by atoms with Crippen LogP contribution in [0, 0.1) is 12.3 Å². The molecule has 0 aliphatic carbocycles. The van der Waals surface area contributed by atoms with Crippen LogP contribution in [0.2, 0.25) is 0 Å². The number of aliphatic imine (C=N–C) groups is 1. The van der Waals surface area contributed by atoms with Crippen LogP contribution in [-0.2, 0) is 0 Å². The summed E-state index contributed by atoms with van der Waals surface area (Å²) in [4.78, 5) is 3.76. The maximum Gasteiger partial charge on any atom is 0.121 e. The molecule has 0 rings (SSSR count). The van der Waals surface area contributed by atoms with Gasteiger partial charge >= 0.3 is 0 Å². The molecule has 0 amide bonds. The highest BCUT2D eigenvalue weighted by molar-refractivity contribution is 7.78. The highest BCUT2D eigenvalue weighted by Gasteiger charge is 1.97. The zero-order valence-corrected chi connectivity index (χ0v) is 6.53. The Kier molecular flexibility index (Phi) is 5.66. The molecule has 0 aromatic carbocycles. The van der Waals surface area contributed by atoms with Gasteiger partial charge in [-0.2, -0.15) is 0 Å². The summed E-state index contributed by atoms with van der Waals surface area (Å²) in [6.45, 7) is 3.57. The van der Waals surface area contributed by atoms with Crippen LogP contribution < -0.4 is 0 Å². The Morgan fingerprint density at radius 3 is 2.90 bits per heavy atom. The van der Waals surface area contributed by atoms with Crippen molar-refractivity contribution in [3.8, 4) is 12.3 Å². The molecule has 0 bridgehead atoms. The third kappa shape index (κ3) is 4.03. The summed E-state index contributed by atoms with van der Waals surface area (Å²) >= 11 is 4.41. The fourth-order valence-electron chi connectivity index (χ4n) is 0.524. The van der Waals surface area contributed by atoms with Gasteiger partial charge in [0.15, 0.2) is 0 Å². The minimum atomic E-state index is -0.115. The van der Waals surface area contributed by atoms with Crippen molar-refractivity contribution in [2.75, 3.05) is 0 Å². The average molecular weight is 151 g/mol. The van der Waals surface area contributed by atoms with Crippen molar-refractivity contribution in [3.05, 3.63) is 12.7 Å². The minimum absolute atomic E-state index is 0.115. The lowest BCUT2D eigenvalue weighted by molar-refractivity contribution is 0.761. The second-order valence-corrected chi connectivity index (χ2v) is 1.95. The van der Waals surface area contributed by atoms with Crippen molar-refractivity contribution in [1.29, 1.82) is 0 Å². The van der Waals surface area contributed by atoms with Gasteiger partial charge in [-0.3, -0.25) is 0 Å². The van der Waals surface area contributed by atoms with E-state index in [9.17, 15) is 0 Å². The molecule has 1 unspecified atom stereocenters. The molecule has 10 heavy (non-hydrogen) atoms. The molecule has 0 aliphatic rings. The molecule has 0 spiro atoms. The molecule has 0 N–H and O–H groups in total. The van der Waals surface area contributed by atoms with Crippen LogP contribution in [-0.4, -0.2) is 11.2 Å². The lowest BCUT2D eigenvalue weighted by Gasteiger charge is -1.97. The van der Waals surface area contributed by atoms with Gasteiger partial charge in [-0.15, -0.1) is 13.0 Å². The molecule has 0 aromatic heterocycles. The van der Waals surface area contributed by atoms with E-state index in [4.69, 9.17) is 6.42 Å². The van der Waals surface area contributed by atoms with Crippen molar-refractivity contribution < 1.29 is 0 Å². The van der Waals surface area contributed by atoms with Crippen LogP contribution in [0.3, 0.4) is 0 Å². The van der Waals surface area contributed by atoms with E-state index in [0.29, 0.717) is 0 Å². The van der Waals surface area contributed by atoms with Gasteiger partial charge in [0.05, 0.1) is 5.16 Å². The molecule has 0 aliphatic heterocycles. The van der Waals surface area contributed by atoms with Crippen LogP contribution >= 0.6 is 12.2 Å². The molecule has 2 heteroatoms. The summed E-state index contributed by atoms with van der Waals surface area (Å²) in [5.41, 5.74) is 0. The van der Waals surface area contributed by atoms with Crippen molar-refractivity contribution in [2.45, 2.75) is 18.9 Å². The third-order valence-electron chi connectivity index (χ3n) is 1.05. The molecule has 1 nitrogen and oxygen atoms in total. The number of hydrogen-bond acceptors (Lipinski definition) is 2. The molecular weight excluding hydrogens is 142 g/mol. The molecule has 0 radical (unpaired) electrons. The van der Waals surface area contributed by atoms with E-state index in [1.807, 2.05) is 6.08 Å². The number of rotatable bonds is 4. The molecule has 0 saturated carbocycles. The van der Waals surface area contributed by atoms with Crippen LogP contribution in [0.1, 0.15) is 12.8 Å². The topological polar surface area (TPSA) is 12.4 Å². The maximum absolute atomic E-state index is 5.14. The average Bonchev–Trinajstić information content (AvgIpc) is 1.98. The van der Waals surface area contributed by atoms with E-state index in [2.05, 4.69) is 34.9 Å². The Morgan fingerprint density at radius 2 is 2.50 bits per heavy atom. The predicted molar refractivity (Wildman–Crippen MR) is 47.1 cm³/mol. The van der Waals surface area contributed by atoms with E-state index in [1.165, 1.54) is 0 Å². The first kappa shape index (κ1) is 9.10. The first-order chi connectivity index (χ1) is 4.85. The normalized spacial score (nSPS) is 10.7. The second-order valence-electron chi connectivity index (χ2n) is 1.77. The largest absolute Gasteiger partial charge is 0.216 e. The van der Waals surface area contributed by atoms with Crippen molar-refractivity contribution in [3.63, 3.8) is 0 Å². The number of hydrogen-bond donors (Lipinski definition) is 0. The molecular formula is C8H9NS. The number of terminal acetylenes is 1. The minimum Gasteiger partial charge on any atom is -0.216 e. The highest BCUT2D eigenvalue weighted by atomic mass is 32.1. The Bertz CT molecular complexity index is 184. The van der Waals surface area contributed by atoms with Gasteiger partial charge in [0.25, 0.3) is 0 Å². The van der Waals surface area contributed by atoms with Crippen molar-refractivity contribution in [1.82, 2.24) is 0 Å². The van der Waals surface area contributed by atoms with Gasteiger partial charge in [-0.05, 0) is 25.1 Å². The number of nitrogens with zero attached hydrogens (tertiary/aromatic N) is 1. The summed E-state index contributed by atoms with van der Waals surface area (Å²) in [7, 11) is 0. The predicted octanol–water partition coefficient (Wildman–Crippen LogP) is 2.06. The summed E-state index contributed by atoms with van der Waals surface area (Å²) in [6, 6.07) is -0.115. The Morgan fingerprint density at radius 1 is 1.80 bits per heavy atom. The Hall–Kier alpha value is -0.900. The Balaban J connectivity index is 3.74. The van der Waals surface area contributed by atoms with Gasteiger partial charge in [0.2, 0.25) is 0 Å². The zero-order chi connectivity index (χ0) is 7.82. The van der Waals surface area contributed by atoms with Gasteiger partial charge in [0.1, 0.15) is 6.04 Å². The number of thiocarbonyl (C=S) groups is 1. The first-order valence-corrected chi connectivity index (χ1v) is 3.40. The monoisotopic (exact) mass is 151 g/mol. The van der Waals surface area contributed by atoms with Crippen LogP contribution in [0.25, 0.3) is 0 Å². The van der Waals surface area contributed by atoms with Gasteiger partial charge in [-0.1, -0.05) is 12.0 Å². The fraction of sp³-hybridized carbons (Fsp3) is 0.375. The highest BCUT2D eigenvalue weighted by Crippen LogP contribution is 1.99. The maximum atomic E-state index is 5.14. The van der Waals surface area contributed by atoms with Gasteiger partial charge in [-0.25, -0.2) is 4.99 Å². The summed E-state index contributed by atoms with van der Waals surface area (Å²) in [6.07, 6.45) is 8.62. The van der Waals surface area contributed by atoms with Crippen LogP contribution in [0.15, 0.2) is 17.6 Å². The molecule has 0 saturated heterocycles. The SMILES string of the molecule is C#CC(CCC=C)N=C=S. The first-order valence-electron chi connectivity index (χ1n) is 2.99. The van der Waals surface area contributed by atoms with Crippen molar-refractivity contribution >= 4 is 17.4 Å². The van der Waals surface area contributed by atoms with Gasteiger partial charge in [0, 0.05) is 0 Å². The van der Waals surface area contributed by atoms with E-state index in [1.54, 1.807) is 0 Å². The van der Waals surface area contributed by atoms with Crippen LogP contribution in [0.5, 0.6) is 0 Å². The quantitative estimate of drug-likeness (QED) is 0.259. The van der Waals surface area contributed by atoms with E-state index >= 15 is 0 Å².